The molecule has 0 heterocycles. The van der Waals surface area contributed by atoms with Crippen LogP contribution in [0, 0.1) is 0 Å². The van der Waals surface area contributed by atoms with Gasteiger partial charge in [0.15, 0.2) is 6.10 Å². The third-order valence-electron chi connectivity index (χ3n) is 9.92. The summed E-state index contributed by atoms with van der Waals surface area (Å²) < 4.78 is 32.7. The van der Waals surface area contributed by atoms with E-state index in [9.17, 15) is 24.2 Å². The van der Waals surface area contributed by atoms with Crippen LogP contribution in [-0.2, 0) is 32.7 Å². The highest BCUT2D eigenvalue weighted by atomic mass is 31.2. The quantitative estimate of drug-likeness (QED) is 0.0177. The van der Waals surface area contributed by atoms with E-state index in [1.54, 1.807) is 0 Å². The second-order valence-corrected chi connectivity index (χ2v) is 17.3. The van der Waals surface area contributed by atoms with Gasteiger partial charge >= 0.3 is 19.8 Å². The van der Waals surface area contributed by atoms with Crippen LogP contribution in [-0.4, -0.2) is 65.7 Å². The van der Waals surface area contributed by atoms with Gasteiger partial charge in [0.2, 0.25) is 0 Å². The molecule has 0 aliphatic heterocycles. The SMILES string of the molecule is CC/C=C/C=C/C=C/C=C/CCCCCCCC(=O)OC[C@H](COP(=O)(O)OC[C@@H](O)CO)OC(=O)CCC/C=C/CC/C=C/CCCCCCCCCCCCCCCC. The van der Waals surface area contributed by atoms with Gasteiger partial charge in [0, 0.05) is 12.8 Å². The van der Waals surface area contributed by atoms with Crippen LogP contribution in [0.15, 0.2) is 72.9 Å². The number of carbonyl (C=O) groups is 2. The Hall–Kier alpha value is -2.59. The number of esters is 2. The van der Waals surface area contributed by atoms with Crippen molar-refractivity contribution in [1.82, 2.24) is 0 Å². The average Bonchev–Trinajstić information content (AvgIpc) is 3.25. The first kappa shape index (κ1) is 58.4. The van der Waals surface area contributed by atoms with E-state index in [0.29, 0.717) is 19.3 Å². The molecule has 0 aromatic carbocycles. The highest BCUT2D eigenvalue weighted by Gasteiger charge is 2.27. The van der Waals surface area contributed by atoms with Crippen LogP contribution in [0.5, 0.6) is 0 Å². The van der Waals surface area contributed by atoms with E-state index in [4.69, 9.17) is 19.1 Å². The van der Waals surface area contributed by atoms with Crippen molar-refractivity contribution in [2.45, 2.75) is 206 Å². The smallest absolute Gasteiger partial charge is 0.462 e. The van der Waals surface area contributed by atoms with Crippen molar-refractivity contribution < 1.29 is 47.8 Å². The number of aliphatic hydroxyl groups is 2. The van der Waals surface area contributed by atoms with Gasteiger partial charge in [-0.3, -0.25) is 18.6 Å². The summed E-state index contributed by atoms with van der Waals surface area (Å²) in [4.78, 5) is 35.0. The molecule has 0 bridgehead atoms. The first-order valence-electron chi connectivity index (χ1n) is 23.9. The molecule has 0 spiro atoms. The maximum absolute atomic E-state index is 12.6. The van der Waals surface area contributed by atoms with E-state index >= 15 is 0 Å². The molecule has 0 aliphatic carbocycles. The lowest BCUT2D eigenvalue weighted by Gasteiger charge is -2.20. The number of phosphoric ester groups is 1. The number of unbranched alkanes of at least 4 members (excludes halogenated alkanes) is 21. The zero-order chi connectivity index (χ0) is 44.8. The predicted molar refractivity (Wildman–Crippen MR) is 251 cm³/mol. The van der Waals surface area contributed by atoms with Crippen molar-refractivity contribution in [2.24, 2.45) is 0 Å². The minimum atomic E-state index is -4.64. The number of aliphatic hydroxyl groups excluding tert-OH is 2. The Morgan fingerprint density at radius 3 is 1.51 bits per heavy atom. The van der Waals surface area contributed by atoms with Crippen molar-refractivity contribution in [3.05, 3.63) is 72.9 Å². The van der Waals surface area contributed by atoms with E-state index in [1.807, 2.05) is 36.5 Å². The van der Waals surface area contributed by atoms with E-state index in [-0.39, 0.29) is 19.4 Å². The number of hydrogen-bond acceptors (Lipinski definition) is 9. The first-order valence-corrected chi connectivity index (χ1v) is 25.4. The maximum Gasteiger partial charge on any atom is 0.472 e. The normalized spacial score (nSPS) is 14.4. The molecule has 0 amide bonds. The lowest BCUT2D eigenvalue weighted by atomic mass is 10.0. The molecule has 0 radical (unpaired) electrons. The van der Waals surface area contributed by atoms with Crippen LogP contribution < -0.4 is 0 Å². The molecule has 352 valence electrons. The van der Waals surface area contributed by atoms with Crippen molar-refractivity contribution in [2.75, 3.05) is 26.4 Å². The summed E-state index contributed by atoms with van der Waals surface area (Å²) in [5.41, 5.74) is 0. The Balaban J connectivity index is 4.29. The van der Waals surface area contributed by atoms with Crippen molar-refractivity contribution >= 4 is 19.8 Å². The van der Waals surface area contributed by atoms with Gasteiger partial charge in [-0.15, -0.1) is 0 Å². The molecule has 0 saturated carbocycles. The summed E-state index contributed by atoms with van der Waals surface area (Å²) in [5, 5.41) is 18.4. The van der Waals surface area contributed by atoms with Gasteiger partial charge < -0.3 is 24.6 Å². The van der Waals surface area contributed by atoms with Crippen LogP contribution in [0.2, 0.25) is 0 Å². The lowest BCUT2D eigenvalue weighted by molar-refractivity contribution is -0.161. The molecule has 3 N–H and O–H groups in total. The number of rotatable bonds is 44. The fourth-order valence-corrected chi connectivity index (χ4v) is 7.05. The average molecular weight is 879 g/mol. The van der Waals surface area contributed by atoms with E-state index in [2.05, 4.69) is 54.8 Å². The Morgan fingerprint density at radius 1 is 0.508 bits per heavy atom. The zero-order valence-corrected chi connectivity index (χ0v) is 39.3. The van der Waals surface area contributed by atoms with Crippen molar-refractivity contribution in [3.8, 4) is 0 Å². The fourth-order valence-electron chi connectivity index (χ4n) is 6.26. The summed E-state index contributed by atoms with van der Waals surface area (Å²) in [6.45, 7) is 2.18. The van der Waals surface area contributed by atoms with Crippen molar-refractivity contribution in [3.63, 3.8) is 0 Å². The molecule has 0 rings (SSSR count). The second-order valence-electron chi connectivity index (χ2n) is 15.8. The molecule has 3 atom stereocenters. The summed E-state index contributed by atoms with van der Waals surface area (Å²) in [6.07, 6.45) is 53.2. The number of carbonyl (C=O) groups excluding carboxylic acids is 2. The minimum Gasteiger partial charge on any atom is -0.462 e. The third kappa shape index (κ3) is 45.3. The summed E-state index contributed by atoms with van der Waals surface area (Å²) in [6, 6.07) is 0. The highest BCUT2D eigenvalue weighted by molar-refractivity contribution is 7.47. The zero-order valence-electron chi connectivity index (χ0n) is 38.4. The van der Waals surface area contributed by atoms with Crippen LogP contribution in [0.3, 0.4) is 0 Å². The second kappa shape index (κ2) is 45.4. The minimum absolute atomic E-state index is 0.116. The van der Waals surface area contributed by atoms with Gasteiger partial charge in [-0.25, -0.2) is 4.57 Å². The van der Waals surface area contributed by atoms with E-state index in [0.717, 1.165) is 57.8 Å². The van der Waals surface area contributed by atoms with E-state index < -0.39 is 51.8 Å². The van der Waals surface area contributed by atoms with Gasteiger partial charge in [-0.05, 0) is 64.2 Å². The molecule has 0 aromatic heterocycles. The summed E-state index contributed by atoms with van der Waals surface area (Å²) in [5.74, 6) is -1.00. The number of allylic oxidation sites excluding steroid dienone is 12. The molecule has 0 aromatic rings. The van der Waals surface area contributed by atoms with Gasteiger partial charge in [0.1, 0.15) is 12.7 Å². The molecule has 0 aliphatic rings. The standard InChI is InChI=1S/C50H87O10P/c1-3-5-7-9-11-13-15-17-19-20-21-22-23-24-25-26-28-30-32-34-36-38-40-42-50(54)60-48(46-59-61(55,56)58-44-47(52)43-51)45-57-49(53)41-39-37-35-33-31-29-27-18-16-14-12-10-8-6-4-2/h6,8,10,12,14,16,18,26-28,34,36,47-48,51-52H,3-5,7,9,11,13,15,17,19-25,29-33,35,37-46H2,1-2H3,(H,55,56)/b8-6+,12-10+,16-14+,27-18+,28-26+,36-34+/t47-,48+/m0/s1. The molecular weight excluding hydrogens is 792 g/mol. The highest BCUT2D eigenvalue weighted by Crippen LogP contribution is 2.43. The van der Waals surface area contributed by atoms with Crippen molar-refractivity contribution in [1.29, 1.82) is 0 Å². The lowest BCUT2D eigenvalue weighted by Crippen LogP contribution is -2.29. The van der Waals surface area contributed by atoms with Crippen LogP contribution in [0.1, 0.15) is 194 Å². The van der Waals surface area contributed by atoms with Gasteiger partial charge in [0.25, 0.3) is 0 Å². The Kier molecular flexibility index (Phi) is 43.5. The molecule has 10 nitrogen and oxygen atoms in total. The number of ether oxygens (including phenoxy) is 2. The van der Waals surface area contributed by atoms with Crippen LogP contribution >= 0.6 is 7.82 Å². The molecule has 0 saturated heterocycles. The Bertz CT molecular complexity index is 1240. The maximum atomic E-state index is 12.6. The first-order chi connectivity index (χ1) is 29.7. The monoisotopic (exact) mass is 879 g/mol. The predicted octanol–water partition coefficient (Wildman–Crippen LogP) is 13.2. The number of hydrogen-bond donors (Lipinski definition) is 3. The van der Waals surface area contributed by atoms with Crippen LogP contribution in [0.4, 0.5) is 0 Å². The fraction of sp³-hybridized carbons (Fsp3) is 0.720. The molecule has 61 heavy (non-hydrogen) atoms. The van der Waals surface area contributed by atoms with Crippen LogP contribution in [0.25, 0.3) is 0 Å². The molecule has 0 fully saturated rings. The molecule has 1 unspecified atom stereocenters. The van der Waals surface area contributed by atoms with Gasteiger partial charge in [0.05, 0.1) is 19.8 Å². The molecular formula is C50H87O10P. The largest absolute Gasteiger partial charge is 0.472 e. The van der Waals surface area contributed by atoms with E-state index in [1.165, 1.54) is 89.9 Å². The number of phosphoric acid groups is 1. The topological polar surface area (TPSA) is 149 Å². The third-order valence-corrected chi connectivity index (χ3v) is 10.9. The Labute approximate surface area is 371 Å². The van der Waals surface area contributed by atoms with Gasteiger partial charge in [-0.2, -0.15) is 0 Å². The Morgan fingerprint density at radius 2 is 0.951 bits per heavy atom. The summed E-state index contributed by atoms with van der Waals surface area (Å²) in [7, 11) is -4.64. The summed E-state index contributed by atoms with van der Waals surface area (Å²) >= 11 is 0. The van der Waals surface area contributed by atoms with Gasteiger partial charge in [-0.1, -0.05) is 189 Å². The molecule has 11 heteroatoms.